The number of nitrogens with one attached hydrogen (secondary N) is 2. The molecular weight excluding hydrogens is 262 g/mol. The summed E-state index contributed by atoms with van der Waals surface area (Å²) in [4.78, 5) is 16.4. The van der Waals surface area contributed by atoms with E-state index in [1.807, 2.05) is 13.0 Å². The number of rotatable bonds is 2. The van der Waals surface area contributed by atoms with Crippen LogP contribution >= 0.6 is 11.6 Å². The van der Waals surface area contributed by atoms with Crippen molar-refractivity contribution in [3.8, 4) is 0 Å². The fourth-order valence-corrected chi connectivity index (χ4v) is 3.60. The minimum absolute atomic E-state index is 0.0207. The van der Waals surface area contributed by atoms with Gasteiger partial charge >= 0.3 is 0 Å². The van der Waals surface area contributed by atoms with Gasteiger partial charge in [0.1, 0.15) is 0 Å². The summed E-state index contributed by atoms with van der Waals surface area (Å²) in [7, 11) is 0. The molecular formula is C14H18ClN3O. The Morgan fingerprint density at radius 3 is 3.16 bits per heavy atom. The molecule has 1 saturated carbocycles. The van der Waals surface area contributed by atoms with Crippen molar-refractivity contribution in [3.63, 3.8) is 0 Å². The van der Waals surface area contributed by atoms with Gasteiger partial charge in [-0.3, -0.25) is 4.79 Å². The molecule has 0 radical (unpaired) electrons. The average molecular weight is 280 g/mol. The second-order valence-corrected chi connectivity index (χ2v) is 5.88. The highest BCUT2D eigenvalue weighted by molar-refractivity contribution is 6.32. The molecule has 4 nitrogen and oxygen atoms in total. The summed E-state index contributed by atoms with van der Waals surface area (Å²) in [6, 6.07) is 1.77. The van der Waals surface area contributed by atoms with Crippen LogP contribution in [-0.4, -0.2) is 23.5 Å². The van der Waals surface area contributed by atoms with Gasteiger partial charge in [0.05, 0.1) is 11.7 Å². The van der Waals surface area contributed by atoms with Crippen LogP contribution in [0, 0.1) is 18.8 Å². The molecule has 102 valence electrons. The van der Waals surface area contributed by atoms with E-state index in [9.17, 15) is 4.79 Å². The maximum atomic E-state index is 12.4. The van der Waals surface area contributed by atoms with Crippen molar-refractivity contribution in [3.05, 3.63) is 23.0 Å². The van der Waals surface area contributed by atoms with Crippen molar-refractivity contribution in [2.75, 3.05) is 11.9 Å². The van der Waals surface area contributed by atoms with E-state index in [0.29, 0.717) is 22.7 Å². The minimum Gasteiger partial charge on any atom is -0.322 e. The van der Waals surface area contributed by atoms with Gasteiger partial charge in [-0.25, -0.2) is 4.98 Å². The molecule has 1 saturated heterocycles. The molecule has 0 bridgehead atoms. The number of amides is 1. The molecule has 1 aromatic rings. The number of pyridine rings is 1. The lowest BCUT2D eigenvalue weighted by Crippen LogP contribution is -2.40. The van der Waals surface area contributed by atoms with Crippen LogP contribution in [0.1, 0.15) is 24.8 Å². The normalized spacial score (nSPS) is 29.3. The Hall–Kier alpha value is -1.13. The highest BCUT2D eigenvalue weighted by Gasteiger charge is 2.42. The van der Waals surface area contributed by atoms with Gasteiger partial charge in [-0.15, -0.1) is 0 Å². The molecule has 3 atom stereocenters. The van der Waals surface area contributed by atoms with Crippen LogP contribution in [-0.2, 0) is 4.79 Å². The van der Waals surface area contributed by atoms with Crippen LogP contribution in [0.3, 0.4) is 0 Å². The van der Waals surface area contributed by atoms with Gasteiger partial charge in [0, 0.05) is 6.20 Å². The fraction of sp³-hybridized carbons (Fsp3) is 0.571. The SMILES string of the molecule is Cc1ccnc(Cl)c1NC(=O)C1NCC2CCCC21. The van der Waals surface area contributed by atoms with E-state index in [1.54, 1.807) is 6.20 Å². The number of carbonyl (C=O) groups is 1. The summed E-state index contributed by atoms with van der Waals surface area (Å²) >= 11 is 6.05. The van der Waals surface area contributed by atoms with Gasteiger partial charge in [-0.1, -0.05) is 18.0 Å². The van der Waals surface area contributed by atoms with E-state index >= 15 is 0 Å². The lowest BCUT2D eigenvalue weighted by molar-refractivity contribution is -0.118. The minimum atomic E-state index is -0.0804. The first-order valence-electron chi connectivity index (χ1n) is 6.82. The second kappa shape index (κ2) is 5.10. The van der Waals surface area contributed by atoms with Crippen LogP contribution in [0.2, 0.25) is 5.15 Å². The molecule has 1 aromatic heterocycles. The summed E-state index contributed by atoms with van der Waals surface area (Å²) in [5.74, 6) is 1.17. The third kappa shape index (κ3) is 2.35. The van der Waals surface area contributed by atoms with Crippen LogP contribution < -0.4 is 10.6 Å². The quantitative estimate of drug-likeness (QED) is 0.817. The van der Waals surface area contributed by atoms with Gasteiger partial charge in [0.2, 0.25) is 5.91 Å². The molecule has 2 N–H and O–H groups in total. The monoisotopic (exact) mass is 279 g/mol. The predicted octanol–water partition coefficient (Wildman–Crippen LogP) is 2.37. The van der Waals surface area contributed by atoms with Gasteiger partial charge in [-0.2, -0.15) is 0 Å². The maximum Gasteiger partial charge on any atom is 0.241 e. The van der Waals surface area contributed by atoms with Crippen LogP contribution in [0.15, 0.2) is 12.3 Å². The third-order valence-corrected chi connectivity index (χ3v) is 4.68. The Bertz CT molecular complexity index is 485. The fourth-order valence-electron chi connectivity index (χ4n) is 3.35. The molecule has 1 amide bonds. The lowest BCUT2D eigenvalue weighted by atomic mass is 9.93. The summed E-state index contributed by atoms with van der Waals surface area (Å²) < 4.78 is 0. The largest absolute Gasteiger partial charge is 0.322 e. The van der Waals surface area contributed by atoms with Crippen LogP contribution in [0.25, 0.3) is 0 Å². The molecule has 3 rings (SSSR count). The van der Waals surface area contributed by atoms with Gasteiger partial charge in [0.25, 0.3) is 0 Å². The van der Waals surface area contributed by atoms with Crippen LogP contribution in [0.5, 0.6) is 0 Å². The molecule has 1 aliphatic carbocycles. The lowest BCUT2D eigenvalue weighted by Gasteiger charge is -2.18. The zero-order valence-electron chi connectivity index (χ0n) is 10.9. The molecule has 1 aliphatic heterocycles. The number of nitrogens with zero attached hydrogens (tertiary/aromatic N) is 1. The first-order valence-corrected chi connectivity index (χ1v) is 7.20. The van der Waals surface area contributed by atoms with Crippen molar-refractivity contribution in [2.24, 2.45) is 11.8 Å². The van der Waals surface area contributed by atoms with Gasteiger partial charge in [0.15, 0.2) is 5.15 Å². The molecule has 3 unspecified atom stereocenters. The van der Waals surface area contributed by atoms with Crippen LogP contribution in [0.4, 0.5) is 5.69 Å². The number of fused-ring (bicyclic) bond motifs is 1. The van der Waals surface area contributed by atoms with Crippen molar-refractivity contribution in [1.82, 2.24) is 10.3 Å². The number of carbonyl (C=O) groups excluding carboxylic acids is 1. The number of halogens is 1. The summed E-state index contributed by atoms with van der Waals surface area (Å²) in [5.41, 5.74) is 1.58. The Morgan fingerprint density at radius 2 is 2.37 bits per heavy atom. The highest BCUT2D eigenvalue weighted by Crippen LogP contribution is 2.38. The van der Waals surface area contributed by atoms with E-state index in [2.05, 4.69) is 15.6 Å². The number of aromatic nitrogens is 1. The Morgan fingerprint density at radius 1 is 1.53 bits per heavy atom. The topological polar surface area (TPSA) is 54.0 Å². The van der Waals surface area contributed by atoms with E-state index < -0.39 is 0 Å². The van der Waals surface area contributed by atoms with E-state index in [0.717, 1.165) is 18.5 Å². The molecule has 19 heavy (non-hydrogen) atoms. The standard InChI is InChI=1S/C14H18ClN3O/c1-8-5-6-16-13(15)11(8)18-14(19)12-10-4-2-3-9(10)7-17-12/h5-6,9-10,12,17H,2-4,7H2,1H3,(H,18,19). The maximum absolute atomic E-state index is 12.4. The van der Waals surface area contributed by atoms with Crippen molar-refractivity contribution in [2.45, 2.75) is 32.2 Å². The van der Waals surface area contributed by atoms with Crippen molar-refractivity contribution < 1.29 is 4.79 Å². The molecule has 2 heterocycles. The zero-order chi connectivity index (χ0) is 13.4. The number of aryl methyl sites for hydroxylation is 1. The van der Waals surface area contributed by atoms with E-state index in [-0.39, 0.29) is 11.9 Å². The van der Waals surface area contributed by atoms with Crippen molar-refractivity contribution >= 4 is 23.2 Å². The van der Waals surface area contributed by atoms with Crippen molar-refractivity contribution in [1.29, 1.82) is 0 Å². The Balaban J connectivity index is 1.75. The Labute approximate surface area is 117 Å². The molecule has 2 aliphatic rings. The van der Waals surface area contributed by atoms with E-state index in [1.165, 1.54) is 12.8 Å². The molecule has 5 heteroatoms. The molecule has 2 fully saturated rings. The predicted molar refractivity (Wildman–Crippen MR) is 75.2 cm³/mol. The zero-order valence-corrected chi connectivity index (χ0v) is 11.7. The summed E-state index contributed by atoms with van der Waals surface area (Å²) in [5, 5.41) is 6.64. The first-order chi connectivity index (χ1) is 9.16. The number of hydrogen-bond acceptors (Lipinski definition) is 3. The first kappa shape index (κ1) is 12.9. The average Bonchev–Trinajstić information content (AvgIpc) is 2.95. The number of hydrogen-bond donors (Lipinski definition) is 2. The van der Waals surface area contributed by atoms with Gasteiger partial charge in [-0.05, 0) is 49.8 Å². The third-order valence-electron chi connectivity index (χ3n) is 4.39. The summed E-state index contributed by atoms with van der Waals surface area (Å²) in [6.07, 6.45) is 5.28. The number of anilines is 1. The molecule has 0 aromatic carbocycles. The molecule has 0 spiro atoms. The smallest absolute Gasteiger partial charge is 0.241 e. The Kier molecular flexibility index (Phi) is 3.46. The second-order valence-electron chi connectivity index (χ2n) is 5.52. The summed E-state index contributed by atoms with van der Waals surface area (Å²) in [6.45, 7) is 2.88. The van der Waals surface area contributed by atoms with Gasteiger partial charge < -0.3 is 10.6 Å². The highest BCUT2D eigenvalue weighted by atomic mass is 35.5. The van der Waals surface area contributed by atoms with E-state index in [4.69, 9.17) is 11.6 Å².